The number of aryl methyl sites for hydroxylation is 1. The van der Waals surface area contributed by atoms with Crippen LogP contribution in [0.25, 0.3) is 22.2 Å². The zero-order valence-corrected chi connectivity index (χ0v) is 24.0. The third-order valence-electron chi connectivity index (χ3n) is 6.71. The Morgan fingerprint density at radius 2 is 1.53 bits per heavy atom. The molecule has 0 bridgehead atoms. The van der Waals surface area contributed by atoms with Gasteiger partial charge in [-0.3, -0.25) is 9.78 Å². The van der Waals surface area contributed by atoms with E-state index in [0.717, 1.165) is 0 Å². The minimum Gasteiger partial charge on any atom is -0.495 e. The smallest absolute Gasteiger partial charge is 0.257 e. The fourth-order valence-corrected chi connectivity index (χ4v) is 4.72. The number of hydrogen-bond acceptors (Lipinski definition) is 9. The number of aromatic nitrogens is 3. The molecule has 9 nitrogen and oxygen atoms in total. The predicted octanol–water partition coefficient (Wildman–Crippen LogP) is 6.53. The van der Waals surface area contributed by atoms with Crippen molar-refractivity contribution in [2.24, 2.45) is 0 Å². The monoisotopic (exact) mass is 587 g/mol. The average Bonchev–Trinajstić information content (AvgIpc) is 3.01. The Kier molecular flexibility index (Phi) is 8.33. The summed E-state index contributed by atoms with van der Waals surface area (Å²) in [4.78, 5) is 26.7. The van der Waals surface area contributed by atoms with E-state index >= 15 is 4.39 Å². The number of benzene rings is 2. The predicted molar refractivity (Wildman–Crippen MR) is 155 cm³/mol. The van der Waals surface area contributed by atoms with Crippen LogP contribution in [0.1, 0.15) is 21.6 Å². The Hall–Kier alpha value is -5.32. The molecule has 220 valence electrons. The molecular formula is C32H27F2N3O6. The number of halogens is 2. The first kappa shape index (κ1) is 29.2. The number of carbonyl (C=O) groups is 1. The molecule has 0 N–H and O–H groups in total. The maximum atomic E-state index is 15.3. The third kappa shape index (κ3) is 5.74. The normalized spacial score (nSPS) is 10.9. The molecule has 5 rings (SSSR count). The molecule has 0 spiro atoms. The first-order chi connectivity index (χ1) is 20.8. The highest BCUT2D eigenvalue weighted by molar-refractivity contribution is 6.03. The van der Waals surface area contributed by atoms with Crippen LogP contribution in [0.2, 0.25) is 0 Å². The third-order valence-corrected chi connectivity index (χ3v) is 6.71. The van der Waals surface area contributed by atoms with E-state index in [1.54, 1.807) is 37.3 Å². The Labute approximate surface area is 246 Å². The standard InChI is InChI=1S/C32H27F2N3O6/c1-17-27(30(40-3)28(32(36-17)42-5)19-7-9-20(33)10-8-19)23(38)15-18-6-11-24(21(34)14-18)43-25-12-13-35-22-16-26(39-2)31(41-4)37-29(22)25/h6-14,16H,15H2,1-5H3. The van der Waals surface area contributed by atoms with Crippen molar-refractivity contribution in [3.63, 3.8) is 0 Å². The molecule has 11 heteroatoms. The molecule has 3 heterocycles. The second-order valence-electron chi connectivity index (χ2n) is 9.34. The van der Waals surface area contributed by atoms with Gasteiger partial charge in [0, 0.05) is 24.8 Å². The molecule has 43 heavy (non-hydrogen) atoms. The van der Waals surface area contributed by atoms with E-state index < -0.39 is 11.6 Å². The fraction of sp³-hybridized carbons (Fsp3) is 0.188. The number of nitrogens with zero attached hydrogens (tertiary/aromatic N) is 3. The highest BCUT2D eigenvalue weighted by Crippen LogP contribution is 2.41. The second kappa shape index (κ2) is 12.3. The molecule has 0 aliphatic carbocycles. The van der Waals surface area contributed by atoms with Crippen LogP contribution in [0.15, 0.2) is 60.8 Å². The number of fused-ring (bicyclic) bond motifs is 1. The van der Waals surface area contributed by atoms with Gasteiger partial charge in [-0.05, 0) is 42.3 Å². The molecule has 0 saturated carbocycles. The van der Waals surface area contributed by atoms with Crippen LogP contribution in [0.5, 0.6) is 34.8 Å². The van der Waals surface area contributed by atoms with Gasteiger partial charge in [-0.2, -0.15) is 0 Å². The maximum absolute atomic E-state index is 15.3. The topological polar surface area (TPSA) is 102 Å². The van der Waals surface area contributed by atoms with E-state index in [0.29, 0.717) is 39.2 Å². The first-order valence-corrected chi connectivity index (χ1v) is 13.0. The number of methoxy groups -OCH3 is 4. The maximum Gasteiger partial charge on any atom is 0.257 e. The Balaban J connectivity index is 1.45. The van der Waals surface area contributed by atoms with Crippen LogP contribution in [-0.4, -0.2) is 49.2 Å². The SMILES string of the molecule is COc1cc2nccc(Oc3ccc(CC(=O)c4c(C)nc(OC)c(-c5ccc(F)cc5)c4OC)cc3F)c2nc1OC. The number of ketones is 1. The Morgan fingerprint density at radius 1 is 0.791 bits per heavy atom. The van der Waals surface area contributed by atoms with Gasteiger partial charge in [-0.1, -0.05) is 18.2 Å². The fourth-order valence-electron chi connectivity index (χ4n) is 4.72. The number of rotatable bonds is 10. The van der Waals surface area contributed by atoms with Crippen LogP contribution in [0, 0.1) is 18.6 Å². The summed E-state index contributed by atoms with van der Waals surface area (Å²) in [6.07, 6.45) is 1.36. The lowest BCUT2D eigenvalue weighted by Crippen LogP contribution is -2.12. The van der Waals surface area contributed by atoms with Crippen molar-refractivity contribution in [1.82, 2.24) is 15.0 Å². The van der Waals surface area contributed by atoms with Gasteiger partial charge in [0.05, 0.1) is 50.8 Å². The lowest BCUT2D eigenvalue weighted by molar-refractivity contribution is 0.0989. The average molecular weight is 588 g/mol. The van der Waals surface area contributed by atoms with Gasteiger partial charge in [-0.15, -0.1) is 0 Å². The lowest BCUT2D eigenvalue weighted by Gasteiger charge is -2.18. The Morgan fingerprint density at radius 3 is 2.19 bits per heavy atom. The highest BCUT2D eigenvalue weighted by Gasteiger charge is 2.26. The van der Waals surface area contributed by atoms with Crippen molar-refractivity contribution in [3.8, 4) is 45.9 Å². The van der Waals surface area contributed by atoms with Crippen molar-refractivity contribution in [3.05, 3.63) is 89.2 Å². The minimum atomic E-state index is -0.681. The van der Waals surface area contributed by atoms with Gasteiger partial charge < -0.3 is 23.7 Å². The molecule has 0 radical (unpaired) electrons. The van der Waals surface area contributed by atoms with Crippen molar-refractivity contribution in [2.45, 2.75) is 13.3 Å². The molecule has 0 amide bonds. The van der Waals surface area contributed by atoms with Gasteiger partial charge in [-0.25, -0.2) is 18.7 Å². The molecule has 0 aliphatic heterocycles. The molecule has 0 fully saturated rings. The number of pyridine rings is 3. The van der Waals surface area contributed by atoms with Crippen LogP contribution in [-0.2, 0) is 6.42 Å². The van der Waals surface area contributed by atoms with Crippen LogP contribution in [0.4, 0.5) is 8.78 Å². The summed E-state index contributed by atoms with van der Waals surface area (Å²) in [5.41, 5.74) is 2.76. The molecule has 0 unspecified atom stereocenters. The molecular weight excluding hydrogens is 560 g/mol. The van der Waals surface area contributed by atoms with E-state index in [-0.39, 0.29) is 46.8 Å². The van der Waals surface area contributed by atoms with Crippen molar-refractivity contribution < 1.29 is 37.3 Å². The zero-order valence-electron chi connectivity index (χ0n) is 24.0. The van der Waals surface area contributed by atoms with Crippen LogP contribution < -0.4 is 23.7 Å². The van der Waals surface area contributed by atoms with E-state index in [4.69, 9.17) is 23.7 Å². The molecule has 5 aromatic rings. The quantitative estimate of drug-likeness (QED) is 0.169. The van der Waals surface area contributed by atoms with Crippen molar-refractivity contribution in [1.29, 1.82) is 0 Å². The minimum absolute atomic E-state index is 0.0706. The van der Waals surface area contributed by atoms with E-state index in [9.17, 15) is 9.18 Å². The molecule has 0 aliphatic rings. The van der Waals surface area contributed by atoms with Crippen molar-refractivity contribution >= 4 is 16.8 Å². The number of carbonyl (C=O) groups excluding carboxylic acids is 1. The first-order valence-electron chi connectivity index (χ1n) is 13.0. The summed E-state index contributed by atoms with van der Waals surface area (Å²) in [6, 6.07) is 13.1. The molecule has 2 aromatic carbocycles. The Bertz CT molecular complexity index is 1830. The van der Waals surface area contributed by atoms with Gasteiger partial charge in [0.15, 0.2) is 28.8 Å². The van der Waals surface area contributed by atoms with Gasteiger partial charge >= 0.3 is 0 Å². The van der Waals surface area contributed by atoms with E-state index in [1.807, 2.05) is 0 Å². The van der Waals surface area contributed by atoms with Crippen LogP contribution >= 0.6 is 0 Å². The summed E-state index contributed by atoms with van der Waals surface area (Å²) < 4.78 is 56.4. The van der Waals surface area contributed by atoms with Crippen LogP contribution in [0.3, 0.4) is 0 Å². The molecule has 3 aromatic heterocycles. The number of hydrogen-bond donors (Lipinski definition) is 0. The van der Waals surface area contributed by atoms with Gasteiger partial charge in [0.1, 0.15) is 17.1 Å². The number of Topliss-reactive ketones (excluding diaryl/α,β-unsaturated/α-hetero) is 1. The lowest BCUT2D eigenvalue weighted by atomic mass is 9.96. The summed E-state index contributed by atoms with van der Waals surface area (Å²) in [5.74, 6) is -0.200. The summed E-state index contributed by atoms with van der Waals surface area (Å²) in [5, 5.41) is 0. The van der Waals surface area contributed by atoms with Gasteiger partial charge in [0.2, 0.25) is 5.88 Å². The molecule has 0 saturated heterocycles. The summed E-state index contributed by atoms with van der Waals surface area (Å²) in [6.45, 7) is 1.65. The summed E-state index contributed by atoms with van der Waals surface area (Å²) >= 11 is 0. The van der Waals surface area contributed by atoms with Crippen molar-refractivity contribution in [2.75, 3.05) is 28.4 Å². The largest absolute Gasteiger partial charge is 0.495 e. The second-order valence-corrected chi connectivity index (χ2v) is 9.34. The zero-order chi connectivity index (χ0) is 30.7. The summed E-state index contributed by atoms with van der Waals surface area (Å²) in [7, 11) is 5.81. The highest BCUT2D eigenvalue weighted by atomic mass is 19.1. The van der Waals surface area contributed by atoms with E-state index in [2.05, 4.69) is 15.0 Å². The van der Waals surface area contributed by atoms with E-state index in [1.165, 1.54) is 58.9 Å². The number of ether oxygens (including phenoxy) is 5. The van der Waals surface area contributed by atoms with Gasteiger partial charge in [0.25, 0.3) is 5.88 Å². The molecule has 0 atom stereocenters.